The molecule has 1 aliphatic heterocycles. The first-order chi connectivity index (χ1) is 16.4. The van der Waals surface area contributed by atoms with E-state index in [9.17, 15) is 14.7 Å². The first-order valence-electron chi connectivity index (χ1n) is 10.5. The molecular formula is C25H22N4O5. The maximum absolute atomic E-state index is 13.6. The van der Waals surface area contributed by atoms with Crippen molar-refractivity contribution in [1.29, 1.82) is 0 Å². The minimum atomic E-state index is -1.79. The minimum Gasteiger partial charge on any atom is -0.497 e. The number of rotatable bonds is 4. The first kappa shape index (κ1) is 21.5. The van der Waals surface area contributed by atoms with Gasteiger partial charge in [0.1, 0.15) is 5.75 Å². The zero-order chi connectivity index (χ0) is 24.0. The predicted octanol–water partition coefficient (Wildman–Crippen LogP) is 3.91. The molecule has 172 valence electrons. The zero-order valence-electron chi connectivity index (χ0n) is 18.7. The number of carbonyl (C=O) groups is 2. The number of methoxy groups -OCH3 is 2. The second kappa shape index (κ2) is 7.89. The lowest BCUT2D eigenvalue weighted by atomic mass is 9.93. The van der Waals surface area contributed by atoms with Gasteiger partial charge < -0.3 is 19.6 Å². The Bertz CT molecular complexity index is 1450. The van der Waals surface area contributed by atoms with Crippen molar-refractivity contribution in [1.82, 2.24) is 9.97 Å². The van der Waals surface area contributed by atoms with Crippen LogP contribution in [0.4, 0.5) is 16.4 Å². The van der Waals surface area contributed by atoms with Crippen molar-refractivity contribution < 1.29 is 24.2 Å². The third-order valence-corrected chi connectivity index (χ3v) is 6.01. The highest BCUT2D eigenvalue weighted by Gasteiger charge is 2.51. The fourth-order valence-corrected chi connectivity index (χ4v) is 4.32. The molecule has 0 aliphatic carbocycles. The molecule has 0 spiro atoms. The van der Waals surface area contributed by atoms with Gasteiger partial charge in [0, 0.05) is 22.8 Å². The van der Waals surface area contributed by atoms with E-state index in [1.807, 2.05) is 13.0 Å². The van der Waals surface area contributed by atoms with Crippen molar-refractivity contribution in [2.24, 2.45) is 0 Å². The molecule has 0 fully saturated rings. The summed E-state index contributed by atoms with van der Waals surface area (Å²) in [5.41, 5.74) is 2.00. The molecule has 0 saturated carbocycles. The molecule has 0 radical (unpaired) electrons. The molecule has 2 amide bonds. The lowest BCUT2D eigenvalue weighted by Crippen LogP contribution is -2.45. The van der Waals surface area contributed by atoms with Gasteiger partial charge in [-0.15, -0.1) is 0 Å². The summed E-state index contributed by atoms with van der Waals surface area (Å²) in [7, 11) is 2.81. The Balaban J connectivity index is 1.70. The molecule has 0 bridgehead atoms. The van der Waals surface area contributed by atoms with Gasteiger partial charge in [-0.25, -0.2) is 9.78 Å². The molecule has 4 aromatic rings. The smallest absolute Gasteiger partial charge is 0.413 e. The van der Waals surface area contributed by atoms with Gasteiger partial charge in [0.15, 0.2) is 5.72 Å². The average molecular weight is 458 g/mol. The third-order valence-electron chi connectivity index (χ3n) is 6.01. The summed E-state index contributed by atoms with van der Waals surface area (Å²) in [6.07, 6.45) is -0.659. The predicted molar refractivity (Wildman–Crippen MR) is 126 cm³/mol. The zero-order valence-corrected chi connectivity index (χ0v) is 18.7. The fourth-order valence-electron chi connectivity index (χ4n) is 4.32. The van der Waals surface area contributed by atoms with Crippen molar-refractivity contribution in [2.75, 3.05) is 24.4 Å². The number of nitrogens with one attached hydrogen (secondary N) is 2. The number of carbonyl (C=O) groups excluding carboxylic acids is 2. The number of H-pyrrole nitrogens is 1. The summed E-state index contributed by atoms with van der Waals surface area (Å²) in [4.78, 5) is 33.9. The van der Waals surface area contributed by atoms with Crippen LogP contribution in [0.3, 0.4) is 0 Å². The Morgan fingerprint density at radius 2 is 1.91 bits per heavy atom. The van der Waals surface area contributed by atoms with Crippen molar-refractivity contribution in [3.05, 3.63) is 82.9 Å². The summed E-state index contributed by atoms with van der Waals surface area (Å²) in [6.45, 7) is 1.87. The van der Waals surface area contributed by atoms with Gasteiger partial charge in [-0.1, -0.05) is 30.3 Å². The van der Waals surface area contributed by atoms with Crippen LogP contribution in [0, 0.1) is 6.92 Å². The van der Waals surface area contributed by atoms with E-state index in [-0.39, 0.29) is 11.9 Å². The van der Waals surface area contributed by atoms with Gasteiger partial charge in [0.2, 0.25) is 5.95 Å². The molecule has 1 aromatic heterocycles. The molecule has 1 aliphatic rings. The molecule has 34 heavy (non-hydrogen) atoms. The SMILES string of the molecule is COC(=O)Nc1nc2ccc(C3(O)c4ccccc4C(=O)N3c3cc(OC)ccc3C)cc2[nH]1. The minimum absolute atomic E-state index is 0.203. The maximum Gasteiger partial charge on any atom is 0.413 e. The highest BCUT2D eigenvalue weighted by atomic mass is 16.5. The number of nitrogens with zero attached hydrogens (tertiary/aromatic N) is 2. The average Bonchev–Trinajstić information content (AvgIpc) is 3.35. The Hall–Kier alpha value is -4.37. The highest BCUT2D eigenvalue weighted by molar-refractivity contribution is 6.13. The van der Waals surface area contributed by atoms with Crippen LogP contribution < -0.4 is 15.0 Å². The van der Waals surface area contributed by atoms with E-state index in [2.05, 4.69) is 20.0 Å². The van der Waals surface area contributed by atoms with Gasteiger partial charge in [-0.3, -0.25) is 15.0 Å². The van der Waals surface area contributed by atoms with E-state index in [1.54, 1.807) is 61.7 Å². The second-order valence-corrected chi connectivity index (χ2v) is 7.94. The Kier molecular flexibility index (Phi) is 4.98. The number of aromatic amines is 1. The normalized spacial score (nSPS) is 17.1. The molecule has 1 unspecified atom stereocenters. The second-order valence-electron chi connectivity index (χ2n) is 7.94. The molecular weight excluding hydrogens is 436 g/mol. The van der Waals surface area contributed by atoms with Crippen LogP contribution in [0.5, 0.6) is 5.75 Å². The van der Waals surface area contributed by atoms with E-state index in [1.165, 1.54) is 12.0 Å². The monoisotopic (exact) mass is 458 g/mol. The van der Waals surface area contributed by atoms with Crippen LogP contribution in [0.1, 0.15) is 27.0 Å². The lowest BCUT2D eigenvalue weighted by Gasteiger charge is -2.35. The van der Waals surface area contributed by atoms with Gasteiger partial charge in [0.05, 0.1) is 30.9 Å². The van der Waals surface area contributed by atoms with Crippen molar-refractivity contribution in [2.45, 2.75) is 12.6 Å². The van der Waals surface area contributed by atoms with Crippen LogP contribution in [0.2, 0.25) is 0 Å². The van der Waals surface area contributed by atoms with Crippen LogP contribution in [0.15, 0.2) is 60.7 Å². The molecule has 9 nitrogen and oxygen atoms in total. The van der Waals surface area contributed by atoms with Crippen LogP contribution in [0.25, 0.3) is 11.0 Å². The standard InChI is InChI=1S/C25H22N4O5/c1-14-8-10-16(33-2)13-21(14)29-22(30)17-6-4-5-7-18(17)25(29,32)15-9-11-19-20(12-15)27-23(26-19)28-24(31)34-3/h4-13,32H,1-3H3,(H2,26,27,28,31). The topological polar surface area (TPSA) is 117 Å². The number of imidazole rings is 1. The maximum atomic E-state index is 13.6. The number of anilines is 2. The van der Waals surface area contributed by atoms with Gasteiger partial charge in [-0.2, -0.15) is 0 Å². The first-order valence-corrected chi connectivity index (χ1v) is 10.5. The Labute approximate surface area is 194 Å². The number of fused-ring (bicyclic) bond motifs is 2. The van der Waals surface area contributed by atoms with E-state index in [0.29, 0.717) is 39.2 Å². The van der Waals surface area contributed by atoms with Gasteiger partial charge >= 0.3 is 6.09 Å². The van der Waals surface area contributed by atoms with Crippen LogP contribution in [-0.2, 0) is 10.5 Å². The highest BCUT2D eigenvalue weighted by Crippen LogP contribution is 2.46. The van der Waals surface area contributed by atoms with Crippen molar-refractivity contribution in [3.63, 3.8) is 0 Å². The molecule has 1 atom stereocenters. The van der Waals surface area contributed by atoms with E-state index >= 15 is 0 Å². The number of aliphatic hydroxyl groups is 1. The van der Waals surface area contributed by atoms with Crippen molar-refractivity contribution in [3.8, 4) is 5.75 Å². The quantitative estimate of drug-likeness (QED) is 0.427. The molecule has 3 aromatic carbocycles. The van der Waals surface area contributed by atoms with Crippen molar-refractivity contribution >= 4 is 34.7 Å². The Morgan fingerprint density at radius 1 is 1.12 bits per heavy atom. The largest absolute Gasteiger partial charge is 0.497 e. The molecule has 0 saturated heterocycles. The van der Waals surface area contributed by atoms with Gasteiger partial charge in [-0.05, 0) is 36.8 Å². The molecule has 3 N–H and O–H groups in total. The van der Waals surface area contributed by atoms with E-state index < -0.39 is 11.8 Å². The number of hydrogen-bond donors (Lipinski definition) is 3. The molecule has 2 heterocycles. The number of benzene rings is 3. The number of aromatic nitrogens is 2. The van der Waals surface area contributed by atoms with E-state index in [0.717, 1.165) is 5.56 Å². The summed E-state index contributed by atoms with van der Waals surface area (Å²) in [5.74, 6) is 0.441. The summed E-state index contributed by atoms with van der Waals surface area (Å²) < 4.78 is 9.99. The lowest BCUT2D eigenvalue weighted by molar-refractivity contribution is 0.0703. The number of amides is 2. The number of hydrogen-bond acceptors (Lipinski definition) is 6. The fraction of sp³-hybridized carbons (Fsp3) is 0.160. The number of ether oxygens (including phenoxy) is 2. The van der Waals surface area contributed by atoms with Crippen LogP contribution in [-0.4, -0.2) is 41.3 Å². The van der Waals surface area contributed by atoms with Gasteiger partial charge in [0.25, 0.3) is 5.91 Å². The van der Waals surface area contributed by atoms with Crippen LogP contribution >= 0.6 is 0 Å². The molecule has 9 heteroatoms. The number of aryl methyl sites for hydroxylation is 1. The van der Waals surface area contributed by atoms with E-state index in [4.69, 9.17) is 4.74 Å². The Morgan fingerprint density at radius 3 is 2.68 bits per heavy atom. The summed E-state index contributed by atoms with van der Waals surface area (Å²) in [6, 6.07) is 17.5. The summed E-state index contributed by atoms with van der Waals surface area (Å²) in [5, 5.41) is 14.8. The summed E-state index contributed by atoms with van der Waals surface area (Å²) >= 11 is 0. The molecule has 5 rings (SSSR count). The third kappa shape index (κ3) is 3.17.